The van der Waals surface area contributed by atoms with Crippen LogP contribution >= 0.6 is 24.0 Å². The van der Waals surface area contributed by atoms with Crippen LogP contribution in [-0.2, 0) is 6.42 Å². The van der Waals surface area contributed by atoms with Crippen molar-refractivity contribution in [2.24, 2.45) is 16.8 Å². The normalized spacial score (nSPS) is 16.8. The molecule has 1 unspecified atom stereocenters. The van der Waals surface area contributed by atoms with Gasteiger partial charge in [-0.05, 0) is 49.7 Å². The predicted octanol–water partition coefficient (Wildman–Crippen LogP) is 4.35. The van der Waals surface area contributed by atoms with Gasteiger partial charge in [-0.25, -0.2) is 0 Å². The molecule has 1 saturated carbocycles. The highest BCUT2D eigenvalue weighted by molar-refractivity contribution is 14.0. The molecule has 1 fully saturated rings. The summed E-state index contributed by atoms with van der Waals surface area (Å²) in [6.45, 7) is 6.28. The number of guanidine groups is 1. The molecule has 0 aromatic carbocycles. The molecule has 1 atom stereocenters. The van der Waals surface area contributed by atoms with E-state index in [9.17, 15) is 5.11 Å². The third-order valence-electron chi connectivity index (χ3n) is 5.04. The molecular weight excluding hydrogens is 453 g/mol. The zero-order valence-corrected chi connectivity index (χ0v) is 19.3. The van der Waals surface area contributed by atoms with Gasteiger partial charge in [-0.3, -0.25) is 4.99 Å². The van der Waals surface area contributed by atoms with Gasteiger partial charge in [0.25, 0.3) is 0 Å². The van der Waals surface area contributed by atoms with E-state index >= 15 is 0 Å². The van der Waals surface area contributed by atoms with Crippen molar-refractivity contribution in [3.63, 3.8) is 0 Å². The number of furan rings is 1. The lowest BCUT2D eigenvalue weighted by molar-refractivity contribution is 0.245. The molecule has 1 aliphatic rings. The number of rotatable bonds is 10. The molecule has 2 rings (SSSR count). The van der Waals surface area contributed by atoms with Crippen LogP contribution in [0.15, 0.2) is 27.8 Å². The number of aliphatic imine (C=N–C) groups is 1. The number of hydrogen-bond acceptors (Lipinski definition) is 3. The maximum atomic E-state index is 9.33. The van der Waals surface area contributed by atoms with Crippen molar-refractivity contribution >= 4 is 29.9 Å². The lowest BCUT2D eigenvalue weighted by atomic mass is 9.94. The van der Waals surface area contributed by atoms with E-state index in [0.29, 0.717) is 17.9 Å². The van der Waals surface area contributed by atoms with Gasteiger partial charge in [-0.1, -0.05) is 33.1 Å². The first-order valence-corrected chi connectivity index (χ1v) is 10.4. The molecule has 156 valence electrons. The van der Waals surface area contributed by atoms with Gasteiger partial charge >= 0.3 is 0 Å². The molecule has 0 amide bonds. The van der Waals surface area contributed by atoms with Crippen LogP contribution in [0.3, 0.4) is 0 Å². The van der Waals surface area contributed by atoms with Gasteiger partial charge in [-0.15, -0.1) is 24.0 Å². The van der Waals surface area contributed by atoms with E-state index in [4.69, 9.17) is 9.41 Å². The molecule has 0 spiro atoms. The summed E-state index contributed by atoms with van der Waals surface area (Å²) in [5, 5.41) is 16.4. The number of halogens is 1. The number of hydrogen-bond donors (Lipinski definition) is 3. The Bertz CT molecular complexity index is 500. The quantitative estimate of drug-likeness (QED) is 0.259. The number of nitrogens with one attached hydrogen (secondary N) is 2. The van der Waals surface area contributed by atoms with Crippen LogP contribution < -0.4 is 10.6 Å². The average Bonchev–Trinajstić information content (AvgIpc) is 3.13. The zero-order chi connectivity index (χ0) is 18.6. The molecule has 0 aliphatic heterocycles. The first-order chi connectivity index (χ1) is 12.7. The Morgan fingerprint density at radius 2 is 2.07 bits per heavy atom. The van der Waals surface area contributed by atoms with E-state index in [1.807, 2.05) is 12.1 Å². The summed E-state index contributed by atoms with van der Waals surface area (Å²) in [5.41, 5.74) is 0. The van der Waals surface area contributed by atoms with Crippen LogP contribution in [0.25, 0.3) is 0 Å². The van der Waals surface area contributed by atoms with Crippen LogP contribution in [0.2, 0.25) is 0 Å². The lowest BCUT2D eigenvalue weighted by Gasteiger charge is -2.25. The van der Waals surface area contributed by atoms with Crippen LogP contribution in [-0.4, -0.2) is 36.8 Å². The van der Waals surface area contributed by atoms with Crippen molar-refractivity contribution < 1.29 is 9.52 Å². The predicted molar refractivity (Wildman–Crippen MR) is 123 cm³/mol. The van der Waals surface area contributed by atoms with Crippen molar-refractivity contribution in [3.8, 4) is 0 Å². The highest BCUT2D eigenvalue weighted by atomic mass is 127. The molecule has 27 heavy (non-hydrogen) atoms. The third-order valence-corrected chi connectivity index (χ3v) is 5.04. The second-order valence-electron chi connectivity index (χ2n) is 7.93. The van der Waals surface area contributed by atoms with Gasteiger partial charge in [0.2, 0.25) is 0 Å². The summed E-state index contributed by atoms with van der Waals surface area (Å²) in [6.07, 6.45) is 10.9. The molecule has 1 aliphatic carbocycles. The van der Waals surface area contributed by atoms with Crippen LogP contribution in [0.1, 0.15) is 64.6 Å². The van der Waals surface area contributed by atoms with Gasteiger partial charge in [0, 0.05) is 32.2 Å². The SMILES string of the molecule is CC(C)CC(CCO)CN=C(NCCc1ccco1)NC1CCCCC1.I. The summed E-state index contributed by atoms with van der Waals surface area (Å²) in [4.78, 5) is 4.86. The second-order valence-corrected chi connectivity index (χ2v) is 7.93. The molecule has 1 aromatic rings. The Balaban J connectivity index is 0.00000364. The fraction of sp³-hybridized carbons (Fsp3) is 0.762. The van der Waals surface area contributed by atoms with Gasteiger partial charge in [-0.2, -0.15) is 0 Å². The van der Waals surface area contributed by atoms with E-state index in [0.717, 1.165) is 44.1 Å². The summed E-state index contributed by atoms with van der Waals surface area (Å²) in [6, 6.07) is 4.46. The zero-order valence-electron chi connectivity index (χ0n) is 17.0. The minimum atomic E-state index is 0. The van der Waals surface area contributed by atoms with Gasteiger partial charge in [0.15, 0.2) is 5.96 Å². The van der Waals surface area contributed by atoms with Gasteiger partial charge in [0.05, 0.1) is 6.26 Å². The van der Waals surface area contributed by atoms with Crippen molar-refractivity contribution in [1.29, 1.82) is 0 Å². The topological polar surface area (TPSA) is 69.8 Å². The fourth-order valence-electron chi connectivity index (χ4n) is 3.71. The van der Waals surface area contributed by atoms with Gasteiger partial charge in [0.1, 0.15) is 5.76 Å². The molecular formula is C21H38IN3O2. The number of aliphatic hydroxyl groups is 1. The largest absolute Gasteiger partial charge is 0.469 e. The maximum absolute atomic E-state index is 9.33. The smallest absolute Gasteiger partial charge is 0.191 e. The summed E-state index contributed by atoms with van der Waals surface area (Å²) in [7, 11) is 0. The van der Waals surface area contributed by atoms with E-state index in [2.05, 4.69) is 24.5 Å². The Hall–Kier alpha value is -0.760. The molecule has 0 bridgehead atoms. The standard InChI is InChI=1S/C21H37N3O2.HI/c1-17(2)15-18(11-13-25)16-23-21(24-19-7-4-3-5-8-19)22-12-10-20-9-6-14-26-20;/h6,9,14,17-19,25H,3-5,7-8,10-13,15-16H2,1-2H3,(H2,22,23,24);1H. The monoisotopic (exact) mass is 491 g/mol. The van der Waals surface area contributed by atoms with Crippen molar-refractivity contribution in [3.05, 3.63) is 24.2 Å². The summed E-state index contributed by atoms with van der Waals surface area (Å²) < 4.78 is 5.41. The Morgan fingerprint density at radius 1 is 1.30 bits per heavy atom. The minimum Gasteiger partial charge on any atom is -0.469 e. The molecule has 0 radical (unpaired) electrons. The number of nitrogens with zero attached hydrogens (tertiary/aromatic N) is 1. The Morgan fingerprint density at radius 3 is 2.70 bits per heavy atom. The molecule has 1 aromatic heterocycles. The second kappa shape index (κ2) is 14.3. The minimum absolute atomic E-state index is 0. The fourth-order valence-corrected chi connectivity index (χ4v) is 3.71. The van der Waals surface area contributed by atoms with E-state index in [-0.39, 0.29) is 30.6 Å². The van der Waals surface area contributed by atoms with Gasteiger partial charge < -0.3 is 20.2 Å². The first-order valence-electron chi connectivity index (χ1n) is 10.4. The van der Waals surface area contributed by atoms with E-state index in [1.54, 1.807) is 6.26 Å². The van der Waals surface area contributed by atoms with E-state index < -0.39 is 0 Å². The molecule has 0 saturated heterocycles. The van der Waals surface area contributed by atoms with Crippen molar-refractivity contribution in [2.75, 3.05) is 19.7 Å². The van der Waals surface area contributed by atoms with E-state index in [1.165, 1.54) is 32.1 Å². The summed E-state index contributed by atoms with van der Waals surface area (Å²) >= 11 is 0. The van der Waals surface area contributed by atoms with Crippen LogP contribution in [0.5, 0.6) is 0 Å². The third kappa shape index (κ3) is 10.4. The van der Waals surface area contributed by atoms with Crippen molar-refractivity contribution in [2.45, 2.75) is 71.3 Å². The van der Waals surface area contributed by atoms with Crippen LogP contribution in [0, 0.1) is 11.8 Å². The highest BCUT2D eigenvalue weighted by Crippen LogP contribution is 2.18. The maximum Gasteiger partial charge on any atom is 0.191 e. The summed E-state index contributed by atoms with van der Waals surface area (Å²) in [5.74, 6) is 2.97. The molecule has 5 nitrogen and oxygen atoms in total. The van der Waals surface area contributed by atoms with Crippen LogP contribution in [0.4, 0.5) is 0 Å². The molecule has 3 N–H and O–H groups in total. The first kappa shape index (κ1) is 24.3. The number of aliphatic hydroxyl groups excluding tert-OH is 1. The molecule has 1 heterocycles. The molecule has 6 heteroatoms. The lowest BCUT2D eigenvalue weighted by Crippen LogP contribution is -2.45. The Labute approximate surface area is 181 Å². The highest BCUT2D eigenvalue weighted by Gasteiger charge is 2.16. The average molecular weight is 491 g/mol. The Kier molecular flexibility index (Phi) is 12.8. The van der Waals surface area contributed by atoms with Crippen molar-refractivity contribution in [1.82, 2.24) is 10.6 Å².